The minimum atomic E-state index is 1.13. The van der Waals surface area contributed by atoms with Crippen molar-refractivity contribution in [3.63, 3.8) is 0 Å². The van der Waals surface area contributed by atoms with Gasteiger partial charge >= 0.3 is 0 Å². The van der Waals surface area contributed by atoms with Crippen LogP contribution in [-0.2, 0) is 13.0 Å². The molecule has 17 heavy (non-hydrogen) atoms. The zero-order valence-electron chi connectivity index (χ0n) is 10.5. The molecule has 0 fully saturated rings. The highest BCUT2D eigenvalue weighted by molar-refractivity contribution is 5.62. The molecular formula is C15H18N2. The number of aromatic nitrogens is 2. The normalized spacial score (nSPS) is 14.7. The lowest BCUT2D eigenvalue weighted by Gasteiger charge is -2.14. The standard InChI is InChI=1S/C15H18N2/c1-11-6-8-13(9-7-11)15-12(2)17-10-4-3-5-14(17)16-15/h6-9H,3-5,10H2,1-2H3. The highest BCUT2D eigenvalue weighted by atomic mass is 15.1. The molecule has 0 amide bonds. The van der Waals surface area contributed by atoms with Gasteiger partial charge in [-0.25, -0.2) is 4.98 Å². The predicted octanol–water partition coefficient (Wildman–Crippen LogP) is 3.50. The van der Waals surface area contributed by atoms with Crippen molar-refractivity contribution in [3.8, 4) is 11.3 Å². The molecule has 0 atom stereocenters. The van der Waals surface area contributed by atoms with Crippen LogP contribution in [-0.4, -0.2) is 9.55 Å². The second kappa shape index (κ2) is 4.02. The van der Waals surface area contributed by atoms with Gasteiger partial charge in [-0.15, -0.1) is 0 Å². The van der Waals surface area contributed by atoms with Gasteiger partial charge in [-0.2, -0.15) is 0 Å². The lowest BCUT2D eigenvalue weighted by molar-refractivity contribution is 0.514. The monoisotopic (exact) mass is 226 g/mol. The van der Waals surface area contributed by atoms with Gasteiger partial charge in [-0.05, 0) is 26.7 Å². The van der Waals surface area contributed by atoms with Crippen molar-refractivity contribution < 1.29 is 0 Å². The van der Waals surface area contributed by atoms with E-state index in [4.69, 9.17) is 4.98 Å². The Hall–Kier alpha value is -1.57. The summed E-state index contributed by atoms with van der Waals surface area (Å²) in [5, 5.41) is 0. The van der Waals surface area contributed by atoms with Crippen molar-refractivity contribution >= 4 is 0 Å². The Kier molecular flexibility index (Phi) is 2.50. The van der Waals surface area contributed by atoms with Gasteiger partial charge in [0, 0.05) is 24.2 Å². The van der Waals surface area contributed by atoms with E-state index in [1.54, 1.807) is 0 Å². The Morgan fingerprint density at radius 2 is 1.82 bits per heavy atom. The molecule has 2 heterocycles. The number of hydrogen-bond donors (Lipinski definition) is 0. The predicted molar refractivity (Wildman–Crippen MR) is 70.1 cm³/mol. The third kappa shape index (κ3) is 1.78. The van der Waals surface area contributed by atoms with Crippen molar-refractivity contribution in [2.45, 2.75) is 39.7 Å². The summed E-state index contributed by atoms with van der Waals surface area (Å²) in [6.07, 6.45) is 3.70. The molecule has 0 unspecified atom stereocenters. The van der Waals surface area contributed by atoms with Crippen LogP contribution in [0.15, 0.2) is 24.3 Å². The molecule has 2 nitrogen and oxygen atoms in total. The largest absolute Gasteiger partial charge is 0.332 e. The van der Waals surface area contributed by atoms with E-state index in [0.29, 0.717) is 0 Å². The minimum Gasteiger partial charge on any atom is -0.332 e. The van der Waals surface area contributed by atoms with Crippen molar-refractivity contribution in [1.29, 1.82) is 0 Å². The molecule has 1 aromatic carbocycles. The highest BCUT2D eigenvalue weighted by Crippen LogP contribution is 2.27. The minimum absolute atomic E-state index is 1.13. The van der Waals surface area contributed by atoms with Crippen LogP contribution >= 0.6 is 0 Å². The zero-order valence-corrected chi connectivity index (χ0v) is 10.5. The van der Waals surface area contributed by atoms with Gasteiger partial charge in [0.15, 0.2) is 0 Å². The van der Waals surface area contributed by atoms with Crippen LogP contribution in [0.1, 0.15) is 29.9 Å². The van der Waals surface area contributed by atoms with E-state index in [9.17, 15) is 0 Å². The van der Waals surface area contributed by atoms with Crippen LogP contribution in [0.2, 0.25) is 0 Å². The van der Waals surface area contributed by atoms with Crippen LogP contribution in [0, 0.1) is 13.8 Å². The summed E-state index contributed by atoms with van der Waals surface area (Å²) in [5.74, 6) is 1.27. The smallest absolute Gasteiger partial charge is 0.109 e. The van der Waals surface area contributed by atoms with Gasteiger partial charge < -0.3 is 4.57 Å². The lowest BCUT2D eigenvalue weighted by Crippen LogP contribution is -2.11. The van der Waals surface area contributed by atoms with Crippen LogP contribution in [0.4, 0.5) is 0 Å². The van der Waals surface area contributed by atoms with E-state index in [1.807, 2.05) is 0 Å². The van der Waals surface area contributed by atoms with E-state index in [2.05, 4.69) is 42.7 Å². The number of imidazole rings is 1. The number of hydrogen-bond acceptors (Lipinski definition) is 1. The molecular weight excluding hydrogens is 208 g/mol. The maximum Gasteiger partial charge on any atom is 0.109 e. The first kappa shape index (κ1) is 10.6. The maximum atomic E-state index is 4.81. The summed E-state index contributed by atoms with van der Waals surface area (Å²) in [6.45, 7) is 5.45. The van der Waals surface area contributed by atoms with Crippen LogP contribution < -0.4 is 0 Å². The fraction of sp³-hybridized carbons (Fsp3) is 0.400. The molecule has 0 aliphatic carbocycles. The summed E-state index contributed by atoms with van der Waals surface area (Å²) >= 11 is 0. The molecule has 0 radical (unpaired) electrons. The first-order valence-corrected chi connectivity index (χ1v) is 6.39. The van der Waals surface area contributed by atoms with Crippen molar-refractivity contribution in [2.75, 3.05) is 0 Å². The van der Waals surface area contributed by atoms with Crippen LogP contribution in [0.25, 0.3) is 11.3 Å². The van der Waals surface area contributed by atoms with E-state index in [0.717, 1.165) is 13.0 Å². The number of rotatable bonds is 1. The Bertz CT molecular complexity index is 535. The fourth-order valence-corrected chi connectivity index (χ4v) is 2.62. The van der Waals surface area contributed by atoms with E-state index in [1.165, 1.54) is 41.2 Å². The molecule has 88 valence electrons. The number of benzene rings is 1. The van der Waals surface area contributed by atoms with Crippen LogP contribution in [0.5, 0.6) is 0 Å². The lowest BCUT2D eigenvalue weighted by atomic mass is 10.1. The Morgan fingerprint density at radius 3 is 2.53 bits per heavy atom. The third-order valence-corrected chi connectivity index (χ3v) is 3.66. The Morgan fingerprint density at radius 1 is 1.06 bits per heavy atom. The second-order valence-corrected chi connectivity index (χ2v) is 4.94. The van der Waals surface area contributed by atoms with Crippen molar-refractivity contribution in [2.24, 2.45) is 0 Å². The summed E-state index contributed by atoms with van der Waals surface area (Å²) in [6, 6.07) is 8.67. The average molecular weight is 226 g/mol. The molecule has 1 aromatic heterocycles. The Labute approximate surface area is 102 Å². The van der Waals surface area contributed by atoms with Gasteiger partial charge in [-0.1, -0.05) is 29.8 Å². The number of nitrogens with zero attached hydrogens (tertiary/aromatic N) is 2. The van der Waals surface area contributed by atoms with Gasteiger partial charge in [0.2, 0.25) is 0 Å². The SMILES string of the molecule is Cc1ccc(-c2nc3n(c2C)CCCC3)cc1. The van der Waals surface area contributed by atoms with Gasteiger partial charge in [0.05, 0.1) is 5.69 Å². The molecule has 0 saturated heterocycles. The van der Waals surface area contributed by atoms with E-state index < -0.39 is 0 Å². The first-order chi connectivity index (χ1) is 8.25. The average Bonchev–Trinajstić information content (AvgIpc) is 2.69. The molecule has 0 saturated carbocycles. The third-order valence-electron chi connectivity index (χ3n) is 3.66. The highest BCUT2D eigenvalue weighted by Gasteiger charge is 2.17. The van der Waals surface area contributed by atoms with Crippen molar-refractivity contribution in [3.05, 3.63) is 41.3 Å². The summed E-state index contributed by atoms with van der Waals surface area (Å²) < 4.78 is 2.39. The van der Waals surface area contributed by atoms with E-state index in [-0.39, 0.29) is 0 Å². The molecule has 3 rings (SSSR count). The van der Waals surface area contributed by atoms with Crippen molar-refractivity contribution in [1.82, 2.24) is 9.55 Å². The maximum absolute atomic E-state index is 4.81. The molecule has 0 spiro atoms. The summed E-state index contributed by atoms with van der Waals surface area (Å²) in [7, 11) is 0. The first-order valence-electron chi connectivity index (χ1n) is 6.39. The molecule has 1 aliphatic rings. The second-order valence-electron chi connectivity index (χ2n) is 4.94. The molecule has 0 bridgehead atoms. The van der Waals surface area contributed by atoms with Gasteiger partial charge in [-0.3, -0.25) is 0 Å². The summed E-state index contributed by atoms with van der Waals surface area (Å²) in [4.78, 5) is 4.81. The quantitative estimate of drug-likeness (QED) is 0.727. The molecule has 1 aliphatic heterocycles. The van der Waals surface area contributed by atoms with Gasteiger partial charge in [0.1, 0.15) is 5.82 Å². The van der Waals surface area contributed by atoms with E-state index >= 15 is 0 Å². The molecule has 2 aromatic rings. The summed E-state index contributed by atoms with van der Waals surface area (Å²) in [5.41, 5.74) is 5.04. The fourth-order valence-electron chi connectivity index (χ4n) is 2.62. The number of fused-ring (bicyclic) bond motifs is 1. The van der Waals surface area contributed by atoms with Crippen LogP contribution in [0.3, 0.4) is 0 Å². The molecule has 0 N–H and O–H groups in total. The zero-order chi connectivity index (χ0) is 11.8. The molecule has 2 heteroatoms. The van der Waals surface area contributed by atoms with Gasteiger partial charge in [0.25, 0.3) is 0 Å². The Balaban J connectivity index is 2.09. The number of aryl methyl sites for hydroxylation is 2. The topological polar surface area (TPSA) is 17.8 Å².